The molecule has 78 valence electrons. The van der Waals surface area contributed by atoms with E-state index in [1.165, 1.54) is 12.1 Å². The molecule has 4 nitrogen and oxygen atoms in total. The van der Waals surface area contributed by atoms with Crippen LogP contribution >= 0.6 is 0 Å². The number of methoxy groups -OCH3 is 1. The zero-order chi connectivity index (χ0) is 9.97. The zero-order valence-corrected chi connectivity index (χ0v) is 8.79. The average molecular weight is 195 g/mol. The molecule has 1 aliphatic heterocycles. The Balaban J connectivity index is 2.24. The number of hydrogen-bond acceptors (Lipinski definition) is 3. The molecule has 0 saturated carbocycles. The van der Waals surface area contributed by atoms with E-state index in [1.54, 1.807) is 7.11 Å². The zero-order valence-electron chi connectivity index (χ0n) is 8.79. The molecule has 1 saturated heterocycles. The lowest BCUT2D eigenvalue weighted by atomic mass is 10.2. The third kappa shape index (κ3) is 1.67. The first kappa shape index (κ1) is 9.68. The van der Waals surface area contributed by atoms with Crippen LogP contribution in [0.3, 0.4) is 0 Å². The molecule has 0 spiro atoms. The van der Waals surface area contributed by atoms with Gasteiger partial charge < -0.3 is 14.6 Å². The second-order valence-corrected chi connectivity index (χ2v) is 3.77. The first-order valence-corrected chi connectivity index (χ1v) is 5.05. The van der Waals surface area contributed by atoms with Gasteiger partial charge in [-0.15, -0.1) is 0 Å². The van der Waals surface area contributed by atoms with Gasteiger partial charge in [-0.3, -0.25) is 0 Å². The molecule has 2 heterocycles. The summed E-state index contributed by atoms with van der Waals surface area (Å²) in [6, 6.07) is 0.558. The highest BCUT2D eigenvalue weighted by Gasteiger charge is 2.20. The normalized spacial score (nSPS) is 21.7. The lowest BCUT2D eigenvalue weighted by Gasteiger charge is -2.16. The Bertz CT molecular complexity index is 302. The van der Waals surface area contributed by atoms with Crippen LogP contribution in [0.25, 0.3) is 0 Å². The number of ether oxygens (including phenoxy) is 1. The van der Waals surface area contributed by atoms with Gasteiger partial charge in [0.25, 0.3) is 0 Å². The number of imidazole rings is 1. The standard InChI is InChI=1S/C10H17N3O/c1-8-5-12-10(7-14-2)13(8)9-3-4-11-6-9/h5,9,11H,3-4,6-7H2,1-2H3. The highest BCUT2D eigenvalue weighted by molar-refractivity contribution is 5.06. The molecule has 1 aromatic heterocycles. The van der Waals surface area contributed by atoms with Gasteiger partial charge in [0.1, 0.15) is 12.4 Å². The number of rotatable bonds is 3. The van der Waals surface area contributed by atoms with Gasteiger partial charge in [-0.25, -0.2) is 4.98 Å². The van der Waals surface area contributed by atoms with Gasteiger partial charge in [0.2, 0.25) is 0 Å². The van der Waals surface area contributed by atoms with Crippen LogP contribution in [0.15, 0.2) is 6.20 Å². The first-order valence-electron chi connectivity index (χ1n) is 5.05. The predicted octanol–water partition coefficient (Wildman–Crippen LogP) is 0.872. The molecule has 0 bridgehead atoms. The van der Waals surface area contributed by atoms with Gasteiger partial charge in [0, 0.05) is 31.6 Å². The van der Waals surface area contributed by atoms with Gasteiger partial charge >= 0.3 is 0 Å². The summed E-state index contributed by atoms with van der Waals surface area (Å²) in [5, 5.41) is 3.37. The van der Waals surface area contributed by atoms with Crippen LogP contribution in [-0.2, 0) is 11.3 Å². The lowest BCUT2D eigenvalue weighted by Crippen LogP contribution is -2.17. The topological polar surface area (TPSA) is 39.1 Å². The van der Waals surface area contributed by atoms with Crippen molar-refractivity contribution in [1.82, 2.24) is 14.9 Å². The van der Waals surface area contributed by atoms with E-state index in [4.69, 9.17) is 4.74 Å². The van der Waals surface area contributed by atoms with Crippen molar-refractivity contribution < 1.29 is 4.74 Å². The number of nitrogens with zero attached hydrogens (tertiary/aromatic N) is 2. The fourth-order valence-electron chi connectivity index (χ4n) is 2.09. The second kappa shape index (κ2) is 4.11. The molecular weight excluding hydrogens is 178 g/mol. The maximum atomic E-state index is 5.14. The van der Waals surface area contributed by atoms with Crippen molar-refractivity contribution in [2.45, 2.75) is 26.0 Å². The molecule has 1 atom stereocenters. The highest BCUT2D eigenvalue weighted by Crippen LogP contribution is 2.20. The van der Waals surface area contributed by atoms with Crippen LogP contribution < -0.4 is 5.32 Å². The minimum absolute atomic E-state index is 0.558. The van der Waals surface area contributed by atoms with Gasteiger partial charge in [-0.2, -0.15) is 0 Å². The maximum absolute atomic E-state index is 5.14. The highest BCUT2D eigenvalue weighted by atomic mass is 16.5. The van der Waals surface area contributed by atoms with Crippen molar-refractivity contribution in [2.75, 3.05) is 20.2 Å². The molecule has 0 amide bonds. The molecule has 1 fully saturated rings. The van der Waals surface area contributed by atoms with Crippen molar-refractivity contribution >= 4 is 0 Å². The Morgan fingerprint density at radius 2 is 2.57 bits per heavy atom. The Kier molecular flexibility index (Phi) is 2.84. The van der Waals surface area contributed by atoms with Crippen LogP contribution in [-0.4, -0.2) is 29.8 Å². The molecule has 2 rings (SSSR count). The summed E-state index contributed by atoms with van der Waals surface area (Å²) in [6.07, 6.45) is 3.11. The molecule has 0 aromatic carbocycles. The lowest BCUT2D eigenvalue weighted by molar-refractivity contribution is 0.172. The average Bonchev–Trinajstić information content (AvgIpc) is 2.76. The molecule has 4 heteroatoms. The SMILES string of the molecule is COCc1ncc(C)n1C1CCNC1. The summed E-state index contributed by atoms with van der Waals surface area (Å²) in [4.78, 5) is 4.36. The van der Waals surface area contributed by atoms with Gasteiger partial charge in [-0.1, -0.05) is 0 Å². The molecule has 1 N–H and O–H groups in total. The summed E-state index contributed by atoms with van der Waals surface area (Å²) in [5.74, 6) is 1.04. The number of nitrogens with one attached hydrogen (secondary N) is 1. The van der Waals surface area contributed by atoms with Gasteiger partial charge in [-0.05, 0) is 19.9 Å². The van der Waals surface area contributed by atoms with Crippen LogP contribution in [0.5, 0.6) is 0 Å². The monoisotopic (exact) mass is 195 g/mol. The first-order chi connectivity index (χ1) is 6.83. The summed E-state index contributed by atoms with van der Waals surface area (Å²) in [6.45, 7) is 4.86. The van der Waals surface area contributed by atoms with E-state index in [0.717, 1.165) is 18.9 Å². The minimum Gasteiger partial charge on any atom is -0.377 e. The number of hydrogen-bond donors (Lipinski definition) is 1. The Labute approximate surface area is 84.3 Å². The molecule has 1 aliphatic rings. The smallest absolute Gasteiger partial charge is 0.135 e. The third-order valence-corrected chi connectivity index (χ3v) is 2.73. The summed E-state index contributed by atoms with van der Waals surface area (Å²) >= 11 is 0. The van der Waals surface area contributed by atoms with E-state index >= 15 is 0 Å². The fourth-order valence-corrected chi connectivity index (χ4v) is 2.09. The van der Waals surface area contributed by atoms with Crippen molar-refractivity contribution in [3.8, 4) is 0 Å². The van der Waals surface area contributed by atoms with E-state index < -0.39 is 0 Å². The molecule has 14 heavy (non-hydrogen) atoms. The van der Waals surface area contributed by atoms with Crippen LogP contribution in [0.1, 0.15) is 24.0 Å². The molecular formula is C10H17N3O. The van der Waals surface area contributed by atoms with E-state index in [2.05, 4.69) is 21.8 Å². The van der Waals surface area contributed by atoms with Crippen molar-refractivity contribution in [2.24, 2.45) is 0 Å². The van der Waals surface area contributed by atoms with Crippen molar-refractivity contribution in [3.63, 3.8) is 0 Å². The summed E-state index contributed by atoms with van der Waals surface area (Å²) in [7, 11) is 1.71. The molecule has 1 aromatic rings. The number of aromatic nitrogens is 2. The van der Waals surface area contributed by atoms with Crippen molar-refractivity contribution in [3.05, 3.63) is 17.7 Å². The largest absolute Gasteiger partial charge is 0.377 e. The van der Waals surface area contributed by atoms with Crippen molar-refractivity contribution in [1.29, 1.82) is 0 Å². The van der Waals surface area contributed by atoms with Crippen LogP contribution in [0.2, 0.25) is 0 Å². The van der Waals surface area contributed by atoms with Crippen LogP contribution in [0.4, 0.5) is 0 Å². The van der Waals surface area contributed by atoms with Gasteiger partial charge in [0.15, 0.2) is 0 Å². The number of aryl methyl sites for hydroxylation is 1. The van der Waals surface area contributed by atoms with E-state index in [9.17, 15) is 0 Å². The quantitative estimate of drug-likeness (QED) is 0.778. The Morgan fingerprint density at radius 1 is 1.71 bits per heavy atom. The second-order valence-electron chi connectivity index (χ2n) is 3.77. The van der Waals surface area contributed by atoms with E-state index in [1.807, 2.05) is 6.20 Å². The Hall–Kier alpha value is -0.870. The predicted molar refractivity (Wildman–Crippen MR) is 54.2 cm³/mol. The van der Waals surface area contributed by atoms with Gasteiger partial charge in [0.05, 0.1) is 0 Å². The maximum Gasteiger partial charge on any atom is 0.135 e. The summed E-state index contributed by atoms with van der Waals surface area (Å²) in [5.41, 5.74) is 1.23. The minimum atomic E-state index is 0.558. The third-order valence-electron chi connectivity index (χ3n) is 2.73. The summed E-state index contributed by atoms with van der Waals surface area (Å²) < 4.78 is 7.43. The molecule has 0 aliphatic carbocycles. The van der Waals surface area contributed by atoms with E-state index in [0.29, 0.717) is 12.6 Å². The molecule has 0 radical (unpaired) electrons. The fraction of sp³-hybridized carbons (Fsp3) is 0.700. The van der Waals surface area contributed by atoms with E-state index in [-0.39, 0.29) is 0 Å². The Morgan fingerprint density at radius 3 is 3.21 bits per heavy atom. The van der Waals surface area contributed by atoms with Crippen LogP contribution in [0, 0.1) is 6.92 Å². The molecule has 1 unspecified atom stereocenters.